The minimum absolute atomic E-state index is 0.564. The number of nitrogens with one attached hydrogen (secondary N) is 1. The molecule has 0 fully saturated rings. The van der Waals surface area contributed by atoms with E-state index in [1.54, 1.807) is 0 Å². The molecule has 0 aromatic heterocycles. The van der Waals surface area contributed by atoms with Crippen molar-refractivity contribution in [1.82, 2.24) is 5.32 Å². The lowest BCUT2D eigenvalue weighted by atomic mass is 10.0. The number of rotatable bonds is 5. The quantitative estimate of drug-likeness (QED) is 0.874. The van der Waals surface area contributed by atoms with Crippen molar-refractivity contribution in [2.45, 2.75) is 33.9 Å². The minimum Gasteiger partial charge on any atom is -0.488 e. The molecule has 0 unspecified atom stereocenters. The Labute approximate surface area is 132 Å². The standard InChI is InChI=1S/C18H22ClNO/c1-12-8-13(2)16(14(3)9-12)11-21-18-7-5-6-17(19)15(18)10-20-4/h5-9,20H,10-11H2,1-4H3. The Morgan fingerprint density at radius 3 is 2.33 bits per heavy atom. The molecule has 2 rings (SSSR count). The smallest absolute Gasteiger partial charge is 0.125 e. The van der Waals surface area contributed by atoms with Gasteiger partial charge < -0.3 is 10.1 Å². The zero-order valence-corrected chi connectivity index (χ0v) is 13.8. The molecule has 0 amide bonds. The highest BCUT2D eigenvalue weighted by molar-refractivity contribution is 6.31. The Morgan fingerprint density at radius 1 is 1.05 bits per heavy atom. The molecule has 0 radical (unpaired) electrons. The third kappa shape index (κ3) is 3.78. The first-order chi connectivity index (χ1) is 10.0. The van der Waals surface area contributed by atoms with Gasteiger partial charge in [-0.1, -0.05) is 35.4 Å². The van der Waals surface area contributed by atoms with E-state index < -0.39 is 0 Å². The molecule has 1 N–H and O–H groups in total. The number of ether oxygens (including phenoxy) is 1. The van der Waals surface area contributed by atoms with Crippen LogP contribution in [0.3, 0.4) is 0 Å². The molecule has 21 heavy (non-hydrogen) atoms. The van der Waals surface area contributed by atoms with Crippen molar-refractivity contribution in [3.63, 3.8) is 0 Å². The second kappa shape index (κ2) is 6.97. The van der Waals surface area contributed by atoms with E-state index in [0.29, 0.717) is 13.2 Å². The molecule has 0 spiro atoms. The molecule has 2 aromatic rings. The summed E-state index contributed by atoms with van der Waals surface area (Å²) in [6, 6.07) is 10.2. The molecule has 2 aromatic carbocycles. The second-order valence-corrected chi connectivity index (χ2v) is 5.82. The van der Waals surface area contributed by atoms with Crippen LogP contribution in [0.4, 0.5) is 0 Å². The predicted molar refractivity (Wildman–Crippen MR) is 89.2 cm³/mol. The summed E-state index contributed by atoms with van der Waals surface area (Å²) in [4.78, 5) is 0. The Hall–Kier alpha value is -1.51. The minimum atomic E-state index is 0.564. The van der Waals surface area contributed by atoms with Gasteiger partial charge in [0, 0.05) is 17.1 Å². The molecule has 2 nitrogen and oxygen atoms in total. The van der Waals surface area contributed by atoms with Gasteiger partial charge in [-0.05, 0) is 56.6 Å². The zero-order valence-electron chi connectivity index (χ0n) is 13.1. The summed E-state index contributed by atoms with van der Waals surface area (Å²) in [5.41, 5.74) is 6.07. The monoisotopic (exact) mass is 303 g/mol. The molecule has 0 aliphatic heterocycles. The summed E-state index contributed by atoms with van der Waals surface area (Å²) in [6.45, 7) is 7.64. The Morgan fingerprint density at radius 2 is 1.71 bits per heavy atom. The summed E-state index contributed by atoms with van der Waals surface area (Å²) in [7, 11) is 1.90. The molecule has 0 heterocycles. The third-order valence-electron chi connectivity index (χ3n) is 3.64. The van der Waals surface area contributed by atoms with Crippen LogP contribution in [0.25, 0.3) is 0 Å². The van der Waals surface area contributed by atoms with E-state index in [1.807, 2.05) is 25.2 Å². The van der Waals surface area contributed by atoms with Crippen molar-refractivity contribution in [2.75, 3.05) is 7.05 Å². The molecule has 0 aliphatic rings. The van der Waals surface area contributed by atoms with Gasteiger partial charge in [0.1, 0.15) is 12.4 Å². The fraction of sp³-hybridized carbons (Fsp3) is 0.333. The Bertz CT molecular complexity index is 614. The molecule has 0 saturated carbocycles. The summed E-state index contributed by atoms with van der Waals surface area (Å²) in [5.74, 6) is 0.844. The van der Waals surface area contributed by atoms with Gasteiger partial charge in [-0.3, -0.25) is 0 Å². The molecular weight excluding hydrogens is 282 g/mol. The average Bonchev–Trinajstić information content (AvgIpc) is 2.41. The van der Waals surface area contributed by atoms with Crippen LogP contribution in [0.5, 0.6) is 5.75 Å². The van der Waals surface area contributed by atoms with Crippen LogP contribution in [-0.2, 0) is 13.2 Å². The fourth-order valence-electron chi connectivity index (χ4n) is 2.61. The van der Waals surface area contributed by atoms with Crippen molar-refractivity contribution in [3.8, 4) is 5.75 Å². The number of hydrogen-bond acceptors (Lipinski definition) is 2. The van der Waals surface area contributed by atoms with Crippen molar-refractivity contribution in [3.05, 3.63) is 63.2 Å². The van der Waals surface area contributed by atoms with E-state index in [0.717, 1.165) is 16.3 Å². The van der Waals surface area contributed by atoms with Gasteiger partial charge >= 0.3 is 0 Å². The Kier molecular flexibility index (Phi) is 5.27. The van der Waals surface area contributed by atoms with Gasteiger partial charge in [-0.25, -0.2) is 0 Å². The van der Waals surface area contributed by atoms with Crippen molar-refractivity contribution in [1.29, 1.82) is 0 Å². The first-order valence-electron chi connectivity index (χ1n) is 7.14. The van der Waals surface area contributed by atoms with E-state index in [1.165, 1.54) is 22.3 Å². The van der Waals surface area contributed by atoms with Gasteiger partial charge in [0.2, 0.25) is 0 Å². The van der Waals surface area contributed by atoms with E-state index >= 15 is 0 Å². The maximum absolute atomic E-state index is 6.25. The number of hydrogen-bond donors (Lipinski definition) is 1. The van der Waals surface area contributed by atoms with Crippen LogP contribution in [0.1, 0.15) is 27.8 Å². The highest BCUT2D eigenvalue weighted by atomic mass is 35.5. The molecule has 0 saturated heterocycles. The summed E-state index contributed by atoms with van der Waals surface area (Å²) >= 11 is 6.25. The van der Waals surface area contributed by atoms with Crippen LogP contribution in [0.15, 0.2) is 30.3 Å². The molecular formula is C18H22ClNO. The van der Waals surface area contributed by atoms with E-state index in [4.69, 9.17) is 16.3 Å². The number of aryl methyl sites for hydroxylation is 3. The normalized spacial score (nSPS) is 10.7. The maximum Gasteiger partial charge on any atom is 0.125 e. The first-order valence-corrected chi connectivity index (χ1v) is 7.52. The van der Waals surface area contributed by atoms with Crippen LogP contribution in [-0.4, -0.2) is 7.05 Å². The molecule has 0 atom stereocenters. The lowest BCUT2D eigenvalue weighted by molar-refractivity contribution is 0.301. The predicted octanol–water partition coefficient (Wildman–Crippen LogP) is 4.56. The Balaban J connectivity index is 2.23. The van der Waals surface area contributed by atoms with Gasteiger partial charge in [-0.15, -0.1) is 0 Å². The van der Waals surface area contributed by atoms with Crippen LogP contribution < -0.4 is 10.1 Å². The van der Waals surface area contributed by atoms with Gasteiger partial charge in [-0.2, -0.15) is 0 Å². The lowest BCUT2D eigenvalue weighted by Gasteiger charge is -2.16. The molecule has 0 bridgehead atoms. The van der Waals surface area contributed by atoms with Crippen LogP contribution in [0.2, 0.25) is 5.02 Å². The summed E-state index contributed by atoms with van der Waals surface area (Å²) < 4.78 is 6.03. The van der Waals surface area contributed by atoms with Gasteiger partial charge in [0.25, 0.3) is 0 Å². The highest BCUT2D eigenvalue weighted by Crippen LogP contribution is 2.28. The summed E-state index contributed by atoms with van der Waals surface area (Å²) in [5, 5.41) is 3.86. The lowest BCUT2D eigenvalue weighted by Crippen LogP contribution is -2.09. The number of benzene rings is 2. The van der Waals surface area contributed by atoms with Crippen molar-refractivity contribution >= 4 is 11.6 Å². The van der Waals surface area contributed by atoms with E-state index in [-0.39, 0.29) is 0 Å². The van der Waals surface area contributed by atoms with E-state index in [2.05, 4.69) is 38.2 Å². The highest BCUT2D eigenvalue weighted by Gasteiger charge is 2.10. The largest absolute Gasteiger partial charge is 0.488 e. The average molecular weight is 304 g/mol. The van der Waals surface area contributed by atoms with Crippen molar-refractivity contribution in [2.24, 2.45) is 0 Å². The zero-order chi connectivity index (χ0) is 15.4. The molecule has 112 valence electrons. The SMILES string of the molecule is CNCc1c(Cl)cccc1OCc1c(C)cc(C)cc1C. The fourth-order valence-corrected chi connectivity index (χ4v) is 2.84. The van der Waals surface area contributed by atoms with Gasteiger partial charge in [0.05, 0.1) is 0 Å². The summed E-state index contributed by atoms with van der Waals surface area (Å²) in [6.07, 6.45) is 0. The first kappa shape index (κ1) is 15.9. The van der Waals surface area contributed by atoms with Crippen LogP contribution >= 0.6 is 11.6 Å². The maximum atomic E-state index is 6.25. The van der Waals surface area contributed by atoms with Crippen LogP contribution in [0, 0.1) is 20.8 Å². The number of halogens is 1. The van der Waals surface area contributed by atoms with E-state index in [9.17, 15) is 0 Å². The molecule has 3 heteroatoms. The molecule has 0 aliphatic carbocycles. The van der Waals surface area contributed by atoms with Crippen molar-refractivity contribution < 1.29 is 4.74 Å². The second-order valence-electron chi connectivity index (χ2n) is 5.41. The van der Waals surface area contributed by atoms with Gasteiger partial charge in [0.15, 0.2) is 0 Å². The topological polar surface area (TPSA) is 21.3 Å². The third-order valence-corrected chi connectivity index (χ3v) is 4.00.